The van der Waals surface area contributed by atoms with Crippen LogP contribution in [0, 0.1) is 19.8 Å². The topological polar surface area (TPSA) is 232 Å². The number of phenolic OH excluding ortho intramolecular Hbond substituents is 2. The van der Waals surface area contributed by atoms with Gasteiger partial charge in [0.25, 0.3) is 11.8 Å². The fourth-order valence-electron chi connectivity index (χ4n) is 6.77. The number of allylic oxidation sites excluding steroid dienone is 1. The van der Waals surface area contributed by atoms with Crippen molar-refractivity contribution in [3.63, 3.8) is 0 Å². The van der Waals surface area contributed by atoms with Crippen LogP contribution in [0.5, 0.6) is 17.2 Å². The molecule has 0 radical (unpaired) electrons. The third-order valence-electron chi connectivity index (χ3n) is 10.6. The molecule has 14 nitrogen and oxygen atoms in total. The molecule has 0 saturated heterocycles. The van der Waals surface area contributed by atoms with Crippen LogP contribution in [0.4, 0.5) is 17.1 Å². The number of aromatic carboxylic acids is 1. The van der Waals surface area contributed by atoms with E-state index >= 15 is 0 Å². The predicted molar refractivity (Wildman–Crippen MR) is 241 cm³/mol. The van der Waals surface area contributed by atoms with Crippen LogP contribution in [0.2, 0.25) is 0 Å². The van der Waals surface area contributed by atoms with E-state index in [1.54, 1.807) is 85.9 Å². The summed E-state index contributed by atoms with van der Waals surface area (Å²) in [6, 6.07) is 29.8. The van der Waals surface area contributed by atoms with E-state index in [4.69, 9.17) is 0 Å². The second-order valence-electron chi connectivity index (χ2n) is 15.1. The molecule has 6 aromatic rings. The lowest BCUT2D eigenvalue weighted by Crippen LogP contribution is -2.27. The first-order valence-electron chi connectivity index (χ1n) is 20.0. The Hall–Kier alpha value is -8.39. The highest BCUT2D eigenvalue weighted by Gasteiger charge is 2.25. The van der Waals surface area contributed by atoms with Gasteiger partial charge in [0, 0.05) is 70.5 Å². The molecule has 0 bridgehead atoms. The van der Waals surface area contributed by atoms with Gasteiger partial charge in [0.05, 0.1) is 11.5 Å². The van der Waals surface area contributed by atoms with E-state index < -0.39 is 41.1 Å². The number of pyridine rings is 1. The van der Waals surface area contributed by atoms with Crippen LogP contribution in [-0.2, 0) is 22.4 Å². The summed E-state index contributed by atoms with van der Waals surface area (Å²) >= 11 is 0. The van der Waals surface area contributed by atoms with Gasteiger partial charge in [0.2, 0.25) is 5.91 Å². The first-order chi connectivity index (χ1) is 30.6. The molecule has 0 aliphatic carbocycles. The fraction of sp³-hybridized carbons (Fsp3) is 0.140. The molecule has 0 unspecified atom stereocenters. The SMILES string of the molecule is C/C(=C\c1ccc(O)cc1)C(=O)Cc1ccc(C(=O)C[C@@H](Cc2ccccn2)C(=O)Nc2ccc(C(=O)Nc3ccc(C(=O)Nc4ccc(C(=O)O)c(O)c4C)c(O)c3C)cc2)cc1. The van der Waals surface area contributed by atoms with E-state index in [0.717, 1.165) is 11.6 Å². The maximum Gasteiger partial charge on any atom is 0.339 e. The third kappa shape index (κ3) is 11.1. The average Bonchev–Trinajstić information content (AvgIpc) is 3.28. The predicted octanol–water partition coefficient (Wildman–Crippen LogP) is 8.30. The average molecular weight is 861 g/mol. The second-order valence-corrected chi connectivity index (χ2v) is 15.1. The second kappa shape index (κ2) is 20.0. The number of hydrogen-bond donors (Lipinski definition) is 7. The van der Waals surface area contributed by atoms with Crippen molar-refractivity contribution in [1.29, 1.82) is 0 Å². The van der Waals surface area contributed by atoms with Crippen molar-refractivity contribution in [1.82, 2.24) is 4.98 Å². The molecule has 0 fully saturated rings. The van der Waals surface area contributed by atoms with Crippen LogP contribution >= 0.6 is 0 Å². The largest absolute Gasteiger partial charge is 0.508 e. The number of carboxylic acids is 1. The number of hydrogen-bond acceptors (Lipinski definition) is 10. The number of anilines is 3. The number of amides is 3. The van der Waals surface area contributed by atoms with Crippen LogP contribution in [0.1, 0.15) is 82.7 Å². The molecule has 5 aromatic carbocycles. The molecule has 3 amide bonds. The Balaban J connectivity index is 1.08. The van der Waals surface area contributed by atoms with Gasteiger partial charge in [-0.25, -0.2) is 4.79 Å². The fourth-order valence-corrected chi connectivity index (χ4v) is 6.77. The Morgan fingerprint density at radius 2 is 1.25 bits per heavy atom. The number of nitrogens with one attached hydrogen (secondary N) is 3. The Labute approximate surface area is 368 Å². The minimum absolute atomic E-state index is 0.0951. The monoisotopic (exact) mass is 860 g/mol. The van der Waals surface area contributed by atoms with Gasteiger partial charge in [-0.3, -0.25) is 29.0 Å². The van der Waals surface area contributed by atoms with E-state index in [0.29, 0.717) is 28.1 Å². The molecule has 1 heterocycles. The Morgan fingerprint density at radius 3 is 1.86 bits per heavy atom. The smallest absolute Gasteiger partial charge is 0.339 e. The zero-order valence-electron chi connectivity index (χ0n) is 35.0. The molecule has 6 rings (SSSR count). The third-order valence-corrected chi connectivity index (χ3v) is 10.6. The summed E-state index contributed by atoms with van der Waals surface area (Å²) < 4.78 is 0. The molecule has 7 N–H and O–H groups in total. The van der Waals surface area contributed by atoms with Crippen LogP contribution in [0.15, 0.2) is 127 Å². The van der Waals surface area contributed by atoms with Crippen LogP contribution < -0.4 is 16.0 Å². The summed E-state index contributed by atoms with van der Waals surface area (Å²) in [5, 5.41) is 48.0. The number of aromatic nitrogens is 1. The Bertz CT molecular complexity index is 2780. The van der Waals surface area contributed by atoms with E-state index in [1.165, 1.54) is 56.3 Å². The highest BCUT2D eigenvalue weighted by molar-refractivity contribution is 6.09. The minimum atomic E-state index is -1.33. The first kappa shape index (κ1) is 45.1. The van der Waals surface area contributed by atoms with E-state index in [9.17, 15) is 49.2 Å². The number of carboxylic acid groups (broad SMARTS) is 1. The van der Waals surface area contributed by atoms with Crippen molar-refractivity contribution < 1.29 is 49.2 Å². The van der Waals surface area contributed by atoms with E-state index in [-0.39, 0.29) is 75.8 Å². The van der Waals surface area contributed by atoms with Crippen molar-refractivity contribution in [2.24, 2.45) is 5.92 Å². The van der Waals surface area contributed by atoms with Crippen molar-refractivity contribution in [2.75, 3.05) is 16.0 Å². The van der Waals surface area contributed by atoms with Gasteiger partial charge in [0.1, 0.15) is 22.8 Å². The van der Waals surface area contributed by atoms with E-state index in [1.807, 2.05) is 0 Å². The van der Waals surface area contributed by atoms with Gasteiger partial charge in [-0.1, -0.05) is 42.5 Å². The highest BCUT2D eigenvalue weighted by Crippen LogP contribution is 2.33. The van der Waals surface area contributed by atoms with Crippen molar-refractivity contribution in [2.45, 2.75) is 40.0 Å². The summed E-state index contributed by atoms with van der Waals surface area (Å²) in [6.07, 6.45) is 3.51. The number of benzene rings is 5. The molecule has 14 heteroatoms. The number of nitrogens with zero attached hydrogens (tertiary/aromatic N) is 1. The van der Waals surface area contributed by atoms with Gasteiger partial charge in [-0.15, -0.1) is 0 Å². The molecule has 0 aliphatic rings. The van der Waals surface area contributed by atoms with Gasteiger partial charge in [0.15, 0.2) is 11.6 Å². The normalized spacial score (nSPS) is 11.6. The number of Topliss-reactive ketones (excluding diaryl/α,β-unsaturated/α-hetero) is 2. The molecule has 0 aliphatic heterocycles. The highest BCUT2D eigenvalue weighted by atomic mass is 16.4. The van der Waals surface area contributed by atoms with Gasteiger partial charge < -0.3 is 36.4 Å². The zero-order valence-corrected chi connectivity index (χ0v) is 35.0. The molecular weight excluding hydrogens is 817 g/mol. The lowest BCUT2D eigenvalue weighted by molar-refractivity contribution is -0.120. The quantitative estimate of drug-likeness (QED) is 0.0361. The summed E-state index contributed by atoms with van der Waals surface area (Å²) in [5.74, 6) is -5.01. The number of rotatable bonds is 16. The lowest BCUT2D eigenvalue weighted by atomic mass is 9.92. The van der Waals surface area contributed by atoms with E-state index in [2.05, 4.69) is 20.9 Å². The summed E-state index contributed by atoms with van der Waals surface area (Å²) in [4.78, 5) is 82.2. The van der Waals surface area contributed by atoms with Crippen molar-refractivity contribution in [3.05, 3.63) is 177 Å². The van der Waals surface area contributed by atoms with Gasteiger partial charge >= 0.3 is 5.97 Å². The number of carbonyl (C=O) groups excluding carboxylic acids is 5. The van der Waals surface area contributed by atoms with Gasteiger partial charge in [-0.2, -0.15) is 0 Å². The van der Waals surface area contributed by atoms with Crippen molar-refractivity contribution in [3.8, 4) is 17.2 Å². The van der Waals surface area contributed by atoms with Crippen LogP contribution in [-0.4, -0.2) is 60.7 Å². The standard InChI is InChI=1S/C50H44N4O10/c1-28(24-31-9-17-38(55)18-10-31)43(56)25-32-7-11-33(12-8-32)44(57)27-35(26-37-6-4-5-23-51-37)48(61)52-36-15-13-34(14-16-36)47(60)53-41-21-19-39(45(58)29(41)2)49(62)54-42-22-20-40(50(63)64)46(59)30(42)3/h4-24,35,55,58-59H,25-27H2,1-3H3,(H,52,61)(H,53,60)(H,54,62)(H,63,64)/b28-24+/t35-/m1/s1. The molecule has 1 aromatic heterocycles. The zero-order chi connectivity index (χ0) is 46.1. The maximum absolute atomic E-state index is 13.7. The summed E-state index contributed by atoms with van der Waals surface area (Å²) in [7, 11) is 0. The first-order valence-corrected chi connectivity index (χ1v) is 20.0. The van der Waals surface area contributed by atoms with Crippen LogP contribution in [0.25, 0.3) is 6.08 Å². The van der Waals surface area contributed by atoms with Crippen LogP contribution in [0.3, 0.4) is 0 Å². The Kier molecular flexibility index (Phi) is 14.1. The lowest BCUT2D eigenvalue weighted by Gasteiger charge is -2.17. The summed E-state index contributed by atoms with van der Waals surface area (Å²) in [6.45, 7) is 4.66. The molecule has 64 heavy (non-hydrogen) atoms. The Morgan fingerprint density at radius 1 is 0.656 bits per heavy atom. The number of aromatic hydroxyl groups is 3. The maximum atomic E-state index is 13.7. The summed E-state index contributed by atoms with van der Waals surface area (Å²) in [5.41, 5.74) is 3.83. The number of carbonyl (C=O) groups is 6. The molecular formula is C50H44N4O10. The van der Waals surface area contributed by atoms with Crippen molar-refractivity contribution >= 4 is 58.4 Å². The minimum Gasteiger partial charge on any atom is -0.508 e. The molecule has 0 saturated carbocycles. The number of ketones is 2. The number of phenols is 3. The van der Waals surface area contributed by atoms with Gasteiger partial charge in [-0.05, 0) is 116 Å². The molecule has 1 atom stereocenters. The molecule has 324 valence electrons. The molecule has 0 spiro atoms.